The maximum atomic E-state index is 12.0. The Morgan fingerprint density at radius 3 is 2.80 bits per heavy atom. The zero-order valence-electron chi connectivity index (χ0n) is 15.4. The molecule has 0 aliphatic heterocycles. The lowest BCUT2D eigenvalue weighted by atomic mass is 10.1. The average molecular weight is 340 g/mol. The van der Waals surface area contributed by atoms with E-state index in [2.05, 4.69) is 16.9 Å². The van der Waals surface area contributed by atoms with Gasteiger partial charge in [-0.05, 0) is 51.5 Å². The Morgan fingerprint density at radius 2 is 2.12 bits per heavy atom. The number of carbonyl (C=O) groups is 1. The van der Waals surface area contributed by atoms with E-state index in [1.54, 1.807) is 12.3 Å². The lowest BCUT2D eigenvalue weighted by molar-refractivity contribution is -0.116. The average Bonchev–Trinajstić information content (AvgIpc) is 2.58. The van der Waals surface area contributed by atoms with E-state index in [0.29, 0.717) is 19.4 Å². The Hall–Kier alpha value is -2.62. The number of anilines is 1. The molecule has 0 aliphatic rings. The van der Waals surface area contributed by atoms with Gasteiger partial charge in [0.05, 0.1) is 6.10 Å². The molecule has 0 atom stereocenters. The SMILES string of the molecule is C=Cc1cc(NC(=O)CCC/N=C/C=C\C=C/C)ccc1OC(C)C. The first-order valence-electron chi connectivity index (χ1n) is 8.57. The van der Waals surface area contributed by atoms with Crippen LogP contribution in [0.4, 0.5) is 5.69 Å². The van der Waals surface area contributed by atoms with Gasteiger partial charge in [0.2, 0.25) is 5.91 Å². The second-order valence-corrected chi connectivity index (χ2v) is 5.74. The largest absolute Gasteiger partial charge is 0.490 e. The Balaban J connectivity index is 2.45. The molecule has 25 heavy (non-hydrogen) atoms. The highest BCUT2D eigenvalue weighted by molar-refractivity contribution is 5.91. The summed E-state index contributed by atoms with van der Waals surface area (Å²) in [4.78, 5) is 16.2. The number of benzene rings is 1. The number of amides is 1. The normalized spacial score (nSPS) is 11.7. The molecule has 0 saturated carbocycles. The Bertz CT molecular complexity index is 643. The number of nitrogens with one attached hydrogen (secondary N) is 1. The van der Waals surface area contributed by atoms with Gasteiger partial charge in [-0.2, -0.15) is 0 Å². The van der Waals surface area contributed by atoms with Crippen LogP contribution in [0.15, 0.2) is 54.1 Å². The van der Waals surface area contributed by atoms with Crippen LogP contribution >= 0.6 is 0 Å². The van der Waals surface area contributed by atoms with Gasteiger partial charge in [0.25, 0.3) is 0 Å². The van der Waals surface area contributed by atoms with Crippen LogP contribution in [0, 0.1) is 0 Å². The van der Waals surface area contributed by atoms with Crippen molar-refractivity contribution in [2.24, 2.45) is 4.99 Å². The fraction of sp³-hybridized carbons (Fsp3) is 0.333. The summed E-state index contributed by atoms with van der Waals surface area (Å²) in [7, 11) is 0. The minimum Gasteiger partial charge on any atom is -0.490 e. The van der Waals surface area contributed by atoms with Crippen molar-refractivity contribution in [3.8, 4) is 5.75 Å². The third-order valence-electron chi connectivity index (χ3n) is 3.17. The molecule has 0 bridgehead atoms. The summed E-state index contributed by atoms with van der Waals surface area (Å²) in [5, 5.41) is 2.90. The smallest absolute Gasteiger partial charge is 0.224 e. The number of hydrogen-bond acceptors (Lipinski definition) is 3. The molecule has 0 radical (unpaired) electrons. The molecule has 0 saturated heterocycles. The van der Waals surface area contributed by atoms with Crippen molar-refractivity contribution in [1.29, 1.82) is 0 Å². The standard InChI is InChI=1S/C21H28N2O2/c1-5-7-8-9-14-22-15-10-11-21(24)23-19-12-13-20(25-17(3)4)18(6-2)16-19/h5-9,12-14,16-17H,2,10-11,15H2,1,3-4H3,(H,23,24)/b7-5-,9-8-,22-14+. The first-order chi connectivity index (χ1) is 12.1. The predicted octanol–water partition coefficient (Wildman–Crippen LogP) is 5.04. The molecule has 0 unspecified atom stereocenters. The summed E-state index contributed by atoms with van der Waals surface area (Å²) in [5.74, 6) is 0.746. The Labute approximate surface area is 151 Å². The van der Waals surface area contributed by atoms with Crippen LogP contribution in [0.2, 0.25) is 0 Å². The molecule has 1 amide bonds. The summed E-state index contributed by atoms with van der Waals surface area (Å²) in [6, 6.07) is 5.56. The highest BCUT2D eigenvalue weighted by atomic mass is 16.5. The quantitative estimate of drug-likeness (QED) is 0.368. The highest BCUT2D eigenvalue weighted by Crippen LogP contribution is 2.25. The molecule has 0 aromatic heterocycles. The molecular formula is C21H28N2O2. The van der Waals surface area contributed by atoms with Crippen LogP contribution in [-0.2, 0) is 4.79 Å². The Kier molecular flexibility index (Phi) is 9.68. The number of nitrogens with zero attached hydrogens (tertiary/aromatic N) is 1. The van der Waals surface area contributed by atoms with Gasteiger partial charge in [-0.25, -0.2) is 0 Å². The van der Waals surface area contributed by atoms with Gasteiger partial charge in [-0.1, -0.05) is 30.9 Å². The summed E-state index contributed by atoms with van der Waals surface area (Å²) >= 11 is 0. The highest BCUT2D eigenvalue weighted by Gasteiger charge is 2.07. The van der Waals surface area contributed by atoms with Crippen molar-refractivity contribution in [3.63, 3.8) is 0 Å². The third-order valence-corrected chi connectivity index (χ3v) is 3.17. The van der Waals surface area contributed by atoms with E-state index in [-0.39, 0.29) is 12.0 Å². The van der Waals surface area contributed by atoms with Crippen molar-refractivity contribution >= 4 is 23.9 Å². The van der Waals surface area contributed by atoms with Gasteiger partial charge >= 0.3 is 0 Å². The molecular weight excluding hydrogens is 312 g/mol. The van der Waals surface area contributed by atoms with Gasteiger partial charge in [-0.3, -0.25) is 9.79 Å². The molecule has 4 nitrogen and oxygen atoms in total. The van der Waals surface area contributed by atoms with Gasteiger partial charge < -0.3 is 10.1 Å². The molecule has 1 rings (SSSR count). The van der Waals surface area contributed by atoms with E-state index in [9.17, 15) is 4.79 Å². The van der Waals surface area contributed by atoms with E-state index < -0.39 is 0 Å². The van der Waals surface area contributed by atoms with Crippen LogP contribution in [-0.4, -0.2) is 24.8 Å². The second kappa shape index (κ2) is 11.8. The van der Waals surface area contributed by atoms with Gasteiger partial charge in [-0.15, -0.1) is 0 Å². The molecule has 0 aliphatic carbocycles. The molecule has 0 heterocycles. The molecule has 1 aromatic carbocycles. The van der Waals surface area contributed by atoms with Crippen molar-refractivity contribution in [1.82, 2.24) is 0 Å². The molecule has 1 N–H and O–H groups in total. The monoisotopic (exact) mass is 340 g/mol. The lowest BCUT2D eigenvalue weighted by Crippen LogP contribution is -2.12. The zero-order valence-corrected chi connectivity index (χ0v) is 15.4. The fourth-order valence-corrected chi connectivity index (χ4v) is 2.06. The van der Waals surface area contributed by atoms with Crippen molar-refractivity contribution in [3.05, 3.63) is 54.6 Å². The van der Waals surface area contributed by atoms with Gasteiger partial charge in [0, 0.05) is 30.4 Å². The van der Waals surface area contributed by atoms with Gasteiger partial charge in [0.15, 0.2) is 0 Å². The first kappa shape index (κ1) is 20.4. The predicted molar refractivity (Wildman–Crippen MR) is 107 cm³/mol. The number of ether oxygens (including phenoxy) is 1. The van der Waals surface area contributed by atoms with Crippen LogP contribution in [0.3, 0.4) is 0 Å². The van der Waals surface area contributed by atoms with Crippen LogP contribution < -0.4 is 10.1 Å². The summed E-state index contributed by atoms with van der Waals surface area (Å²) in [6.07, 6.45) is 12.4. The maximum absolute atomic E-state index is 12.0. The summed E-state index contributed by atoms with van der Waals surface area (Å²) < 4.78 is 5.71. The molecule has 0 fully saturated rings. The van der Waals surface area contributed by atoms with Gasteiger partial charge in [0.1, 0.15) is 5.75 Å². The van der Waals surface area contributed by atoms with Crippen LogP contribution in [0.1, 0.15) is 39.2 Å². The van der Waals surface area contributed by atoms with E-state index in [0.717, 1.165) is 17.0 Å². The number of allylic oxidation sites excluding steroid dienone is 4. The van der Waals surface area contributed by atoms with E-state index in [1.165, 1.54) is 0 Å². The minimum atomic E-state index is -0.0211. The number of aliphatic imine (C=N–C) groups is 1. The third kappa shape index (κ3) is 8.70. The second-order valence-electron chi connectivity index (χ2n) is 5.74. The maximum Gasteiger partial charge on any atom is 0.224 e. The fourth-order valence-electron chi connectivity index (χ4n) is 2.06. The number of carbonyl (C=O) groups excluding carboxylic acids is 1. The molecule has 1 aromatic rings. The number of rotatable bonds is 10. The zero-order chi connectivity index (χ0) is 18.5. The van der Waals surface area contributed by atoms with Crippen molar-refractivity contribution < 1.29 is 9.53 Å². The minimum absolute atomic E-state index is 0.0211. The summed E-state index contributed by atoms with van der Waals surface area (Å²) in [5.41, 5.74) is 1.61. The lowest BCUT2D eigenvalue weighted by Gasteiger charge is -2.14. The van der Waals surface area contributed by atoms with Crippen LogP contribution in [0.25, 0.3) is 6.08 Å². The Morgan fingerprint density at radius 1 is 1.32 bits per heavy atom. The summed E-state index contributed by atoms with van der Waals surface area (Å²) in [6.45, 7) is 10.3. The van der Waals surface area contributed by atoms with Crippen molar-refractivity contribution in [2.45, 2.75) is 39.7 Å². The van der Waals surface area contributed by atoms with E-state index in [4.69, 9.17) is 4.74 Å². The van der Waals surface area contributed by atoms with E-state index >= 15 is 0 Å². The number of hydrogen-bond donors (Lipinski definition) is 1. The molecule has 4 heteroatoms. The van der Waals surface area contributed by atoms with Crippen molar-refractivity contribution in [2.75, 3.05) is 11.9 Å². The first-order valence-corrected chi connectivity index (χ1v) is 8.57. The topological polar surface area (TPSA) is 50.7 Å². The van der Waals surface area contributed by atoms with E-state index in [1.807, 2.05) is 63.3 Å². The molecule has 134 valence electrons. The molecule has 0 spiro atoms. The van der Waals surface area contributed by atoms with Crippen LogP contribution in [0.5, 0.6) is 5.75 Å².